The summed E-state index contributed by atoms with van der Waals surface area (Å²) in [4.78, 5) is 32.3. The number of thiocarbonyl (C=S) groups is 1. The molecule has 0 bridgehead atoms. The van der Waals surface area contributed by atoms with E-state index in [-0.39, 0.29) is 30.2 Å². The Labute approximate surface area is 177 Å². The molecule has 1 saturated heterocycles. The number of amides is 1. The van der Waals surface area contributed by atoms with Gasteiger partial charge in [0.25, 0.3) is 11.5 Å². The van der Waals surface area contributed by atoms with Crippen LogP contribution in [-0.2, 0) is 9.53 Å². The number of hydrogen-bond donors (Lipinski definition) is 2. The van der Waals surface area contributed by atoms with Crippen molar-refractivity contribution in [2.24, 2.45) is 0 Å². The van der Waals surface area contributed by atoms with Gasteiger partial charge in [-0.2, -0.15) is 0 Å². The summed E-state index contributed by atoms with van der Waals surface area (Å²) in [6, 6.07) is 3.61. The lowest BCUT2D eigenvalue weighted by Crippen LogP contribution is -2.29. The van der Waals surface area contributed by atoms with Gasteiger partial charge < -0.3 is 15.2 Å². The highest BCUT2D eigenvalue weighted by Crippen LogP contribution is 2.33. The van der Waals surface area contributed by atoms with Crippen LogP contribution in [0.15, 0.2) is 28.0 Å². The van der Waals surface area contributed by atoms with Crippen molar-refractivity contribution in [3.8, 4) is 0 Å². The highest BCUT2D eigenvalue weighted by atomic mass is 32.2. The predicted molar refractivity (Wildman–Crippen MR) is 118 cm³/mol. The van der Waals surface area contributed by atoms with Crippen LogP contribution < -0.4 is 10.9 Å². The van der Waals surface area contributed by atoms with E-state index >= 15 is 0 Å². The van der Waals surface area contributed by atoms with Crippen molar-refractivity contribution in [1.82, 2.24) is 14.3 Å². The lowest BCUT2D eigenvalue weighted by atomic mass is 10.2. The fourth-order valence-electron chi connectivity index (χ4n) is 2.89. The first kappa shape index (κ1) is 21.4. The third-order valence-corrected chi connectivity index (χ3v) is 5.67. The lowest BCUT2D eigenvalue weighted by molar-refractivity contribution is -0.122. The molecule has 1 amide bonds. The zero-order chi connectivity index (χ0) is 21.0. The Hall–Kier alpha value is -2.27. The first-order valence-corrected chi connectivity index (χ1v) is 10.3. The summed E-state index contributed by atoms with van der Waals surface area (Å²) in [6.07, 6.45) is 3.90. The number of nitrogens with one attached hydrogen (secondary N) is 1. The van der Waals surface area contributed by atoms with Crippen LogP contribution in [0, 0.1) is 6.92 Å². The average Bonchev–Trinajstić information content (AvgIpc) is 2.97. The van der Waals surface area contributed by atoms with Crippen LogP contribution in [0.1, 0.15) is 17.5 Å². The Balaban J connectivity index is 2.03. The summed E-state index contributed by atoms with van der Waals surface area (Å²) < 4.78 is 6.93. The second-order valence-electron chi connectivity index (χ2n) is 6.44. The molecule has 8 nitrogen and oxygen atoms in total. The minimum Gasteiger partial charge on any atom is -0.395 e. The molecule has 0 atom stereocenters. The topological polar surface area (TPSA) is 96.2 Å². The van der Waals surface area contributed by atoms with Crippen LogP contribution in [0.2, 0.25) is 0 Å². The van der Waals surface area contributed by atoms with Crippen molar-refractivity contribution < 1.29 is 14.6 Å². The maximum absolute atomic E-state index is 13.1. The molecule has 0 aliphatic carbocycles. The summed E-state index contributed by atoms with van der Waals surface area (Å²) in [7, 11) is 1.60. The van der Waals surface area contributed by atoms with Gasteiger partial charge in [-0.1, -0.05) is 30.0 Å². The zero-order valence-electron chi connectivity index (χ0n) is 16.2. The van der Waals surface area contributed by atoms with Crippen molar-refractivity contribution in [2.75, 3.05) is 38.7 Å². The summed E-state index contributed by atoms with van der Waals surface area (Å²) in [5.41, 5.74) is 1.33. The van der Waals surface area contributed by atoms with Gasteiger partial charge in [0.05, 0.1) is 17.1 Å². The SMILES string of the molecule is COCCCN1C(=O)/C(=C/c2c(NCCO)nc3ccc(C)cn3c2=O)SC1=S. The minimum atomic E-state index is -0.302. The molecular weight excluding hydrogens is 412 g/mol. The predicted octanol–water partition coefficient (Wildman–Crippen LogP) is 1.64. The molecule has 1 fully saturated rings. The lowest BCUT2D eigenvalue weighted by Gasteiger charge is -2.13. The molecule has 1 aliphatic rings. The molecule has 2 aromatic heterocycles. The van der Waals surface area contributed by atoms with Crippen LogP contribution in [-0.4, -0.2) is 63.0 Å². The third kappa shape index (κ3) is 4.67. The van der Waals surface area contributed by atoms with Crippen molar-refractivity contribution in [1.29, 1.82) is 0 Å². The number of hydrogen-bond acceptors (Lipinski definition) is 8. The Kier molecular flexibility index (Phi) is 7.01. The highest BCUT2D eigenvalue weighted by Gasteiger charge is 2.32. The molecule has 0 saturated carbocycles. The van der Waals surface area contributed by atoms with Crippen LogP contribution in [0.4, 0.5) is 5.82 Å². The Morgan fingerprint density at radius 2 is 2.17 bits per heavy atom. The van der Waals surface area contributed by atoms with Gasteiger partial charge in [-0.25, -0.2) is 4.98 Å². The van der Waals surface area contributed by atoms with Crippen molar-refractivity contribution >= 4 is 51.7 Å². The number of fused-ring (bicyclic) bond motifs is 1. The zero-order valence-corrected chi connectivity index (χ0v) is 17.8. The van der Waals surface area contributed by atoms with E-state index in [1.165, 1.54) is 15.4 Å². The molecule has 0 spiro atoms. The van der Waals surface area contributed by atoms with Gasteiger partial charge in [0.15, 0.2) is 0 Å². The van der Waals surface area contributed by atoms with E-state index in [2.05, 4.69) is 10.3 Å². The molecule has 3 rings (SSSR count). The summed E-state index contributed by atoms with van der Waals surface area (Å²) in [5, 5.41) is 12.1. The number of ether oxygens (including phenoxy) is 1. The Morgan fingerprint density at radius 1 is 1.38 bits per heavy atom. The quantitative estimate of drug-likeness (QED) is 0.368. The van der Waals surface area contributed by atoms with Gasteiger partial charge in [-0.15, -0.1) is 0 Å². The number of aromatic nitrogens is 2. The fourth-order valence-corrected chi connectivity index (χ4v) is 4.18. The minimum absolute atomic E-state index is 0.115. The second-order valence-corrected chi connectivity index (χ2v) is 8.12. The number of anilines is 1. The van der Waals surface area contributed by atoms with E-state index in [4.69, 9.17) is 22.1 Å². The smallest absolute Gasteiger partial charge is 0.267 e. The number of aliphatic hydroxyl groups is 1. The van der Waals surface area contributed by atoms with E-state index < -0.39 is 0 Å². The number of rotatable bonds is 8. The van der Waals surface area contributed by atoms with E-state index in [0.29, 0.717) is 40.3 Å². The summed E-state index contributed by atoms with van der Waals surface area (Å²) in [6.45, 7) is 2.98. The van der Waals surface area contributed by atoms with Gasteiger partial charge in [0.2, 0.25) is 0 Å². The highest BCUT2D eigenvalue weighted by molar-refractivity contribution is 8.26. The molecule has 2 aromatic rings. The second kappa shape index (κ2) is 9.49. The fraction of sp³-hybridized carbons (Fsp3) is 0.368. The van der Waals surface area contributed by atoms with Crippen LogP contribution in [0.3, 0.4) is 0 Å². The molecule has 1 aliphatic heterocycles. The number of methoxy groups -OCH3 is 1. The van der Waals surface area contributed by atoms with Crippen molar-refractivity contribution in [3.05, 3.63) is 44.7 Å². The van der Waals surface area contributed by atoms with Gasteiger partial charge in [0, 0.05) is 33.0 Å². The largest absolute Gasteiger partial charge is 0.395 e. The molecule has 0 unspecified atom stereocenters. The number of pyridine rings is 1. The average molecular weight is 435 g/mol. The van der Waals surface area contributed by atoms with E-state index in [9.17, 15) is 9.59 Å². The van der Waals surface area contributed by atoms with Crippen molar-refractivity contribution in [2.45, 2.75) is 13.3 Å². The van der Waals surface area contributed by atoms with Crippen LogP contribution >= 0.6 is 24.0 Å². The van der Waals surface area contributed by atoms with Gasteiger partial charge in [0.1, 0.15) is 15.8 Å². The first-order valence-electron chi connectivity index (χ1n) is 9.08. The van der Waals surface area contributed by atoms with E-state index in [1.807, 2.05) is 13.0 Å². The van der Waals surface area contributed by atoms with Crippen LogP contribution in [0.25, 0.3) is 11.7 Å². The number of aliphatic hydroxyl groups excluding tert-OH is 1. The molecule has 2 N–H and O–H groups in total. The first-order chi connectivity index (χ1) is 14.0. The number of nitrogens with zero attached hydrogens (tertiary/aromatic N) is 3. The van der Waals surface area contributed by atoms with Gasteiger partial charge in [-0.05, 0) is 31.1 Å². The Bertz CT molecular complexity index is 1030. The molecule has 29 heavy (non-hydrogen) atoms. The maximum Gasteiger partial charge on any atom is 0.267 e. The molecule has 0 aromatic carbocycles. The van der Waals surface area contributed by atoms with E-state index in [0.717, 1.165) is 17.3 Å². The van der Waals surface area contributed by atoms with Gasteiger partial charge >= 0.3 is 0 Å². The Morgan fingerprint density at radius 3 is 2.90 bits per heavy atom. The summed E-state index contributed by atoms with van der Waals surface area (Å²) in [5.74, 6) is 0.0792. The normalized spacial score (nSPS) is 15.7. The number of thioether (sulfide) groups is 1. The molecule has 154 valence electrons. The maximum atomic E-state index is 13.1. The monoisotopic (exact) mass is 434 g/mol. The van der Waals surface area contributed by atoms with E-state index in [1.54, 1.807) is 19.4 Å². The van der Waals surface area contributed by atoms with Crippen molar-refractivity contribution in [3.63, 3.8) is 0 Å². The number of carbonyl (C=O) groups excluding carboxylic acids is 1. The summed E-state index contributed by atoms with van der Waals surface area (Å²) >= 11 is 6.49. The standard InChI is InChI=1S/C19H22N4O4S2/c1-12-4-5-15-21-16(20-6-8-24)13(17(25)23(15)11-12)10-14-18(26)22(19(28)29-14)7-3-9-27-2/h4-5,10-11,20,24H,3,6-9H2,1-2H3/b14-10-. The molecular formula is C19H22N4O4S2. The molecule has 3 heterocycles. The molecule has 0 radical (unpaired) electrons. The number of aryl methyl sites for hydroxylation is 1. The van der Waals surface area contributed by atoms with Crippen LogP contribution in [0.5, 0.6) is 0 Å². The number of carbonyl (C=O) groups is 1. The third-order valence-electron chi connectivity index (χ3n) is 4.29. The van der Waals surface area contributed by atoms with Gasteiger partial charge in [-0.3, -0.25) is 18.9 Å². The molecule has 10 heteroatoms.